The molecule has 0 aliphatic carbocycles. The van der Waals surface area contributed by atoms with Crippen molar-refractivity contribution in [3.05, 3.63) is 71.4 Å². The Hall–Kier alpha value is -2.50. The van der Waals surface area contributed by atoms with Crippen molar-refractivity contribution in [2.75, 3.05) is 10.7 Å². The third-order valence-corrected chi connectivity index (χ3v) is 5.32. The number of anilines is 3. The van der Waals surface area contributed by atoms with E-state index in [4.69, 9.17) is 11.6 Å². The molecule has 6 heteroatoms. The minimum atomic E-state index is 0.541. The molecule has 0 saturated heterocycles. The van der Waals surface area contributed by atoms with E-state index >= 15 is 0 Å². The van der Waals surface area contributed by atoms with Crippen molar-refractivity contribution in [2.24, 2.45) is 5.10 Å². The Balaban J connectivity index is 1.58. The number of fused-ring (bicyclic) bond motifs is 2. The Labute approximate surface area is 155 Å². The van der Waals surface area contributed by atoms with E-state index < -0.39 is 0 Å². The van der Waals surface area contributed by atoms with Gasteiger partial charge in [-0.15, -0.1) is 0 Å². The molecular weight excluding hydrogens is 352 g/mol. The third-order valence-electron chi connectivity index (χ3n) is 3.86. The summed E-state index contributed by atoms with van der Waals surface area (Å²) in [6.45, 7) is 1.95. The van der Waals surface area contributed by atoms with Crippen LogP contribution >= 0.6 is 23.4 Å². The highest BCUT2D eigenvalue weighted by Crippen LogP contribution is 2.44. The SMILES string of the molecule is CC(=NNc1ncccc1Cl)c1ccc2c(c1)Nc1ccccc1S2. The van der Waals surface area contributed by atoms with Gasteiger partial charge in [-0.25, -0.2) is 4.98 Å². The largest absolute Gasteiger partial charge is 0.354 e. The van der Waals surface area contributed by atoms with Crippen molar-refractivity contribution in [2.45, 2.75) is 16.7 Å². The second kappa shape index (κ2) is 6.78. The number of hydrogen-bond donors (Lipinski definition) is 2. The first kappa shape index (κ1) is 16.0. The molecule has 0 atom stereocenters. The lowest BCUT2D eigenvalue weighted by Crippen LogP contribution is -2.04. The monoisotopic (exact) mass is 366 g/mol. The molecule has 2 N–H and O–H groups in total. The lowest BCUT2D eigenvalue weighted by atomic mass is 10.1. The lowest BCUT2D eigenvalue weighted by molar-refractivity contribution is 1.22. The molecule has 1 aromatic heterocycles. The number of halogens is 1. The molecule has 4 nitrogen and oxygen atoms in total. The van der Waals surface area contributed by atoms with Crippen molar-refractivity contribution < 1.29 is 0 Å². The van der Waals surface area contributed by atoms with E-state index in [2.05, 4.69) is 57.2 Å². The van der Waals surface area contributed by atoms with Gasteiger partial charge in [-0.3, -0.25) is 5.43 Å². The Kier molecular flexibility index (Phi) is 4.34. The fourth-order valence-corrected chi connectivity index (χ4v) is 3.67. The molecular formula is C19H15ClN4S. The first-order chi connectivity index (χ1) is 12.2. The van der Waals surface area contributed by atoms with E-state index in [0.717, 1.165) is 22.6 Å². The van der Waals surface area contributed by atoms with Crippen LogP contribution in [0.4, 0.5) is 17.2 Å². The number of pyridine rings is 1. The van der Waals surface area contributed by atoms with Crippen LogP contribution in [-0.4, -0.2) is 10.7 Å². The summed E-state index contributed by atoms with van der Waals surface area (Å²) in [6, 6.07) is 18.2. The van der Waals surface area contributed by atoms with E-state index in [1.165, 1.54) is 9.79 Å². The first-order valence-electron chi connectivity index (χ1n) is 7.80. The fraction of sp³-hybridized carbons (Fsp3) is 0.0526. The van der Waals surface area contributed by atoms with Gasteiger partial charge in [-0.1, -0.05) is 41.6 Å². The molecule has 4 rings (SSSR count). The minimum Gasteiger partial charge on any atom is -0.354 e. The summed E-state index contributed by atoms with van der Waals surface area (Å²) in [5, 5.41) is 8.43. The van der Waals surface area contributed by atoms with Gasteiger partial charge in [0, 0.05) is 16.0 Å². The van der Waals surface area contributed by atoms with Gasteiger partial charge in [-0.2, -0.15) is 5.10 Å². The van der Waals surface area contributed by atoms with Crippen molar-refractivity contribution >= 4 is 46.3 Å². The molecule has 1 aliphatic heterocycles. The van der Waals surface area contributed by atoms with Gasteiger partial charge in [0.2, 0.25) is 0 Å². The summed E-state index contributed by atoms with van der Waals surface area (Å²) < 4.78 is 0. The normalized spacial score (nSPS) is 12.8. The maximum atomic E-state index is 6.09. The number of rotatable bonds is 3. The highest BCUT2D eigenvalue weighted by atomic mass is 35.5. The third kappa shape index (κ3) is 3.34. The Bertz CT molecular complexity index is 971. The standard InChI is InChI=1S/C19H15ClN4S/c1-12(23-24-19-14(20)5-4-10-21-19)13-8-9-18-16(11-13)22-15-6-2-3-7-17(15)25-18/h2-11,22H,1H3,(H,21,24). The summed E-state index contributed by atoms with van der Waals surface area (Å²) in [5.41, 5.74) is 7.04. The van der Waals surface area contributed by atoms with Gasteiger partial charge in [0.15, 0.2) is 5.82 Å². The summed E-state index contributed by atoms with van der Waals surface area (Å²) >= 11 is 7.86. The molecule has 0 amide bonds. The minimum absolute atomic E-state index is 0.541. The predicted octanol–water partition coefficient (Wildman–Crippen LogP) is 5.78. The maximum Gasteiger partial charge on any atom is 0.165 e. The van der Waals surface area contributed by atoms with E-state index in [0.29, 0.717) is 10.8 Å². The number of benzene rings is 2. The zero-order chi connectivity index (χ0) is 17.2. The summed E-state index contributed by atoms with van der Waals surface area (Å²) in [6.07, 6.45) is 1.68. The molecule has 2 aromatic carbocycles. The number of hydrogen-bond acceptors (Lipinski definition) is 5. The number of aromatic nitrogens is 1. The van der Waals surface area contributed by atoms with E-state index in [1.807, 2.05) is 13.0 Å². The van der Waals surface area contributed by atoms with E-state index in [-0.39, 0.29) is 0 Å². The average molecular weight is 367 g/mol. The molecule has 0 unspecified atom stereocenters. The van der Waals surface area contributed by atoms with Gasteiger partial charge in [0.05, 0.1) is 22.1 Å². The molecule has 0 spiro atoms. The summed E-state index contributed by atoms with van der Waals surface area (Å²) in [5.74, 6) is 0.545. The van der Waals surface area contributed by atoms with Crippen molar-refractivity contribution in [3.8, 4) is 0 Å². The Morgan fingerprint density at radius 1 is 1.08 bits per heavy atom. The number of nitrogens with one attached hydrogen (secondary N) is 2. The van der Waals surface area contributed by atoms with Gasteiger partial charge in [-0.05, 0) is 48.9 Å². The molecule has 124 valence electrons. The van der Waals surface area contributed by atoms with Gasteiger partial charge in [0.1, 0.15) is 0 Å². The molecule has 0 bridgehead atoms. The van der Waals surface area contributed by atoms with E-state index in [1.54, 1.807) is 30.1 Å². The molecule has 3 aromatic rings. The van der Waals surface area contributed by atoms with Crippen LogP contribution in [0.3, 0.4) is 0 Å². The summed E-state index contributed by atoms with van der Waals surface area (Å²) in [7, 11) is 0. The van der Waals surface area contributed by atoms with Crippen molar-refractivity contribution in [1.29, 1.82) is 0 Å². The van der Waals surface area contributed by atoms with Gasteiger partial charge < -0.3 is 5.32 Å². The molecule has 0 radical (unpaired) electrons. The van der Waals surface area contributed by atoms with E-state index in [9.17, 15) is 0 Å². The Morgan fingerprint density at radius 2 is 1.92 bits per heavy atom. The molecule has 0 fully saturated rings. The number of para-hydroxylation sites is 1. The van der Waals surface area contributed by atoms with Crippen molar-refractivity contribution in [1.82, 2.24) is 4.98 Å². The molecule has 25 heavy (non-hydrogen) atoms. The van der Waals surface area contributed by atoms with Crippen LogP contribution in [0.1, 0.15) is 12.5 Å². The second-order valence-electron chi connectivity index (χ2n) is 5.58. The zero-order valence-corrected chi connectivity index (χ0v) is 15.0. The number of nitrogens with zero attached hydrogens (tertiary/aromatic N) is 2. The van der Waals surface area contributed by atoms with Crippen LogP contribution < -0.4 is 10.7 Å². The fourth-order valence-electron chi connectivity index (χ4n) is 2.53. The highest BCUT2D eigenvalue weighted by Gasteiger charge is 2.15. The zero-order valence-electron chi connectivity index (χ0n) is 13.5. The predicted molar refractivity (Wildman–Crippen MR) is 105 cm³/mol. The number of hydrazone groups is 1. The van der Waals surface area contributed by atoms with Crippen LogP contribution in [0.25, 0.3) is 0 Å². The van der Waals surface area contributed by atoms with Gasteiger partial charge in [0.25, 0.3) is 0 Å². The molecule has 0 saturated carbocycles. The quantitative estimate of drug-likeness (QED) is 0.356. The highest BCUT2D eigenvalue weighted by molar-refractivity contribution is 7.99. The van der Waals surface area contributed by atoms with Crippen LogP contribution in [0.15, 0.2) is 75.7 Å². The topological polar surface area (TPSA) is 49.3 Å². The summed E-state index contributed by atoms with van der Waals surface area (Å²) in [4.78, 5) is 6.61. The smallest absolute Gasteiger partial charge is 0.165 e. The van der Waals surface area contributed by atoms with Gasteiger partial charge >= 0.3 is 0 Å². The van der Waals surface area contributed by atoms with Crippen LogP contribution in [0, 0.1) is 0 Å². The van der Waals surface area contributed by atoms with Crippen LogP contribution in [0.2, 0.25) is 5.02 Å². The lowest BCUT2D eigenvalue weighted by Gasteiger charge is -2.21. The van der Waals surface area contributed by atoms with Crippen molar-refractivity contribution in [3.63, 3.8) is 0 Å². The second-order valence-corrected chi connectivity index (χ2v) is 7.07. The van der Waals surface area contributed by atoms with Crippen LogP contribution in [-0.2, 0) is 0 Å². The molecule has 2 heterocycles. The van der Waals surface area contributed by atoms with Crippen LogP contribution in [0.5, 0.6) is 0 Å². The first-order valence-corrected chi connectivity index (χ1v) is 8.99. The average Bonchev–Trinajstić information content (AvgIpc) is 2.65. The Morgan fingerprint density at radius 3 is 2.80 bits per heavy atom. The maximum absolute atomic E-state index is 6.09. The molecule has 1 aliphatic rings.